The summed E-state index contributed by atoms with van der Waals surface area (Å²) >= 11 is 1.59. The Kier molecular flexibility index (Phi) is 2.94. The number of aromatic nitrogens is 3. The van der Waals surface area contributed by atoms with E-state index in [9.17, 15) is 0 Å². The molecule has 0 aliphatic carbocycles. The summed E-state index contributed by atoms with van der Waals surface area (Å²) in [5, 5.41) is 10.7. The van der Waals surface area contributed by atoms with Gasteiger partial charge in [0.15, 0.2) is 5.82 Å². The minimum atomic E-state index is 0.723. The van der Waals surface area contributed by atoms with E-state index in [0.717, 1.165) is 33.3 Å². The summed E-state index contributed by atoms with van der Waals surface area (Å²) in [6.45, 7) is 2.09. The molecule has 2 N–H and O–H groups in total. The SMILES string of the molecule is Cc1ccc(-c2csc3nnc(-c4cccc(N)c4)n23)cc1. The molecule has 0 spiro atoms. The van der Waals surface area contributed by atoms with Crippen molar-refractivity contribution < 1.29 is 0 Å². The second-order valence-electron chi connectivity index (χ2n) is 5.25. The molecule has 22 heavy (non-hydrogen) atoms. The van der Waals surface area contributed by atoms with E-state index in [1.54, 1.807) is 11.3 Å². The van der Waals surface area contributed by atoms with Gasteiger partial charge in [0.25, 0.3) is 0 Å². The number of benzene rings is 2. The highest BCUT2D eigenvalue weighted by atomic mass is 32.1. The first-order valence-electron chi connectivity index (χ1n) is 6.98. The molecule has 0 saturated heterocycles. The predicted molar refractivity (Wildman–Crippen MR) is 90.9 cm³/mol. The Morgan fingerprint density at radius 3 is 2.59 bits per heavy atom. The molecule has 4 aromatic rings. The highest BCUT2D eigenvalue weighted by Gasteiger charge is 2.14. The summed E-state index contributed by atoms with van der Waals surface area (Å²) in [5.41, 5.74) is 11.1. The van der Waals surface area contributed by atoms with Crippen LogP contribution in [0.25, 0.3) is 27.6 Å². The number of nitrogens with zero attached hydrogens (tertiary/aromatic N) is 3. The van der Waals surface area contributed by atoms with E-state index in [1.165, 1.54) is 5.56 Å². The van der Waals surface area contributed by atoms with E-state index >= 15 is 0 Å². The Labute approximate surface area is 131 Å². The normalized spacial score (nSPS) is 11.1. The van der Waals surface area contributed by atoms with Crippen LogP contribution in [0.3, 0.4) is 0 Å². The molecular formula is C17H14N4S. The lowest BCUT2D eigenvalue weighted by Crippen LogP contribution is -1.92. The minimum absolute atomic E-state index is 0.723. The van der Waals surface area contributed by atoms with E-state index in [0.29, 0.717) is 0 Å². The van der Waals surface area contributed by atoms with Gasteiger partial charge in [-0.15, -0.1) is 21.5 Å². The molecule has 0 amide bonds. The van der Waals surface area contributed by atoms with Gasteiger partial charge in [0.1, 0.15) is 0 Å². The zero-order valence-electron chi connectivity index (χ0n) is 12.0. The minimum Gasteiger partial charge on any atom is -0.399 e. The van der Waals surface area contributed by atoms with Crippen LogP contribution in [-0.2, 0) is 0 Å². The summed E-state index contributed by atoms with van der Waals surface area (Å²) in [7, 11) is 0. The standard InChI is InChI=1S/C17H14N4S/c1-11-5-7-12(8-6-11)15-10-22-17-20-19-16(21(15)17)13-3-2-4-14(18)9-13/h2-10H,18H2,1H3. The van der Waals surface area contributed by atoms with Crippen molar-refractivity contribution in [3.8, 4) is 22.6 Å². The van der Waals surface area contributed by atoms with Crippen molar-refractivity contribution in [1.82, 2.24) is 14.6 Å². The molecule has 2 heterocycles. The Morgan fingerprint density at radius 1 is 1.00 bits per heavy atom. The Balaban J connectivity index is 1.94. The van der Waals surface area contributed by atoms with Crippen LogP contribution in [0.1, 0.15) is 5.56 Å². The third-order valence-electron chi connectivity index (χ3n) is 3.64. The van der Waals surface area contributed by atoms with Crippen LogP contribution < -0.4 is 5.73 Å². The number of anilines is 1. The lowest BCUT2D eigenvalue weighted by atomic mass is 10.1. The number of aryl methyl sites for hydroxylation is 1. The van der Waals surface area contributed by atoms with Gasteiger partial charge in [0.05, 0.1) is 5.69 Å². The van der Waals surface area contributed by atoms with Crippen LogP contribution in [-0.4, -0.2) is 14.6 Å². The maximum atomic E-state index is 5.90. The van der Waals surface area contributed by atoms with Gasteiger partial charge in [0, 0.05) is 16.6 Å². The molecule has 0 fully saturated rings. The quantitative estimate of drug-likeness (QED) is 0.569. The Morgan fingerprint density at radius 2 is 1.82 bits per heavy atom. The zero-order chi connectivity index (χ0) is 15.1. The van der Waals surface area contributed by atoms with Gasteiger partial charge in [-0.3, -0.25) is 4.40 Å². The average Bonchev–Trinajstić information content (AvgIpc) is 3.10. The summed E-state index contributed by atoms with van der Waals surface area (Å²) < 4.78 is 2.09. The molecule has 0 bridgehead atoms. The molecule has 2 aromatic carbocycles. The van der Waals surface area contributed by atoms with E-state index in [1.807, 2.05) is 24.3 Å². The largest absolute Gasteiger partial charge is 0.399 e. The monoisotopic (exact) mass is 306 g/mol. The first-order valence-corrected chi connectivity index (χ1v) is 7.86. The van der Waals surface area contributed by atoms with Gasteiger partial charge in [0.2, 0.25) is 4.96 Å². The molecule has 108 valence electrons. The number of thiazole rings is 1. The summed E-state index contributed by atoms with van der Waals surface area (Å²) in [4.78, 5) is 0.882. The molecule has 0 aliphatic heterocycles. The van der Waals surface area contributed by atoms with Crippen molar-refractivity contribution in [2.45, 2.75) is 6.92 Å². The van der Waals surface area contributed by atoms with Crippen LogP contribution in [0.15, 0.2) is 53.9 Å². The van der Waals surface area contributed by atoms with Crippen molar-refractivity contribution in [1.29, 1.82) is 0 Å². The van der Waals surface area contributed by atoms with Crippen LogP contribution in [0.5, 0.6) is 0 Å². The summed E-state index contributed by atoms with van der Waals surface area (Å²) in [6.07, 6.45) is 0. The van der Waals surface area contributed by atoms with E-state index in [2.05, 4.69) is 51.2 Å². The van der Waals surface area contributed by atoms with E-state index in [-0.39, 0.29) is 0 Å². The molecule has 5 heteroatoms. The van der Waals surface area contributed by atoms with Crippen LogP contribution in [0, 0.1) is 6.92 Å². The topological polar surface area (TPSA) is 56.2 Å². The van der Waals surface area contributed by atoms with Gasteiger partial charge in [-0.05, 0) is 24.6 Å². The summed E-state index contributed by atoms with van der Waals surface area (Å²) in [6, 6.07) is 16.2. The molecule has 0 unspecified atom stereocenters. The fraction of sp³-hybridized carbons (Fsp3) is 0.0588. The number of fused-ring (bicyclic) bond motifs is 1. The number of nitrogens with two attached hydrogens (primary N) is 1. The predicted octanol–water partition coefficient (Wildman–Crippen LogP) is 4.02. The van der Waals surface area contributed by atoms with Crippen LogP contribution >= 0.6 is 11.3 Å². The lowest BCUT2D eigenvalue weighted by molar-refractivity contribution is 1.11. The van der Waals surface area contributed by atoms with Crippen molar-refractivity contribution >= 4 is 22.0 Å². The number of hydrogen-bond donors (Lipinski definition) is 1. The van der Waals surface area contributed by atoms with Crippen LogP contribution in [0.4, 0.5) is 5.69 Å². The molecule has 0 saturated carbocycles. The Bertz CT molecular complexity index is 950. The van der Waals surface area contributed by atoms with Crippen molar-refractivity contribution in [2.24, 2.45) is 0 Å². The first kappa shape index (κ1) is 13.0. The maximum absolute atomic E-state index is 5.90. The van der Waals surface area contributed by atoms with Gasteiger partial charge < -0.3 is 5.73 Å². The highest BCUT2D eigenvalue weighted by Crippen LogP contribution is 2.30. The molecular weight excluding hydrogens is 292 g/mol. The van der Waals surface area contributed by atoms with Crippen molar-refractivity contribution in [3.63, 3.8) is 0 Å². The molecule has 0 aliphatic rings. The molecule has 4 rings (SSSR count). The zero-order valence-corrected chi connectivity index (χ0v) is 12.8. The van der Waals surface area contributed by atoms with Crippen LogP contribution in [0.2, 0.25) is 0 Å². The smallest absolute Gasteiger partial charge is 0.216 e. The third kappa shape index (κ3) is 2.07. The number of nitrogen functional groups attached to an aromatic ring is 1. The second-order valence-corrected chi connectivity index (χ2v) is 6.09. The second kappa shape index (κ2) is 4.96. The molecule has 0 radical (unpaired) electrons. The maximum Gasteiger partial charge on any atom is 0.216 e. The summed E-state index contributed by atoms with van der Waals surface area (Å²) in [5.74, 6) is 0.819. The molecule has 2 aromatic heterocycles. The number of hydrogen-bond acceptors (Lipinski definition) is 4. The molecule has 4 nitrogen and oxygen atoms in total. The van der Waals surface area contributed by atoms with E-state index < -0.39 is 0 Å². The first-order chi connectivity index (χ1) is 10.7. The fourth-order valence-corrected chi connectivity index (χ4v) is 3.35. The fourth-order valence-electron chi connectivity index (χ4n) is 2.51. The third-order valence-corrected chi connectivity index (χ3v) is 4.46. The van der Waals surface area contributed by atoms with Gasteiger partial charge in [-0.2, -0.15) is 0 Å². The van der Waals surface area contributed by atoms with Crippen molar-refractivity contribution in [2.75, 3.05) is 5.73 Å². The van der Waals surface area contributed by atoms with Gasteiger partial charge in [-0.1, -0.05) is 42.0 Å². The molecule has 0 atom stereocenters. The Hall–Kier alpha value is -2.66. The highest BCUT2D eigenvalue weighted by molar-refractivity contribution is 7.15. The average molecular weight is 306 g/mol. The number of rotatable bonds is 2. The van der Waals surface area contributed by atoms with Crippen molar-refractivity contribution in [3.05, 3.63) is 59.5 Å². The lowest BCUT2D eigenvalue weighted by Gasteiger charge is -2.04. The van der Waals surface area contributed by atoms with E-state index in [4.69, 9.17) is 5.73 Å². The van der Waals surface area contributed by atoms with Gasteiger partial charge >= 0.3 is 0 Å². The van der Waals surface area contributed by atoms with Gasteiger partial charge in [-0.25, -0.2) is 0 Å².